The van der Waals surface area contributed by atoms with Crippen molar-refractivity contribution in [2.45, 2.75) is 56.8 Å². The van der Waals surface area contributed by atoms with Crippen LogP contribution in [0.15, 0.2) is 48.7 Å². The number of rotatable bonds is 8. The molecule has 0 unspecified atom stereocenters. The molecule has 7 nitrogen and oxygen atoms in total. The number of pyridine rings is 1. The Bertz CT molecular complexity index is 1510. The maximum absolute atomic E-state index is 13.6. The summed E-state index contributed by atoms with van der Waals surface area (Å²) in [5.41, 5.74) is -4.58. The molecule has 0 bridgehead atoms. The topological polar surface area (TPSA) is 94.9 Å². The van der Waals surface area contributed by atoms with Crippen LogP contribution in [0.5, 0.6) is 5.75 Å². The van der Waals surface area contributed by atoms with Gasteiger partial charge in [0.1, 0.15) is 18.2 Å². The van der Waals surface area contributed by atoms with Gasteiger partial charge in [-0.2, -0.15) is 39.5 Å². The molecule has 16 heteroatoms. The van der Waals surface area contributed by atoms with Crippen molar-refractivity contribution in [3.8, 4) is 5.75 Å². The van der Waals surface area contributed by atoms with Crippen LogP contribution in [0.25, 0.3) is 0 Å². The minimum Gasteiger partial charge on any atom is -0.490 e. The van der Waals surface area contributed by atoms with Gasteiger partial charge in [0.2, 0.25) is 0 Å². The molecule has 0 radical (unpaired) electrons. The molecule has 3 N–H and O–H groups in total. The van der Waals surface area contributed by atoms with Gasteiger partial charge in [-0.25, -0.2) is 9.78 Å². The first kappa shape index (κ1) is 33.7. The Kier molecular flexibility index (Phi) is 9.47. The third-order valence-corrected chi connectivity index (χ3v) is 7.19. The Morgan fingerprint density at radius 2 is 1.58 bits per heavy atom. The van der Waals surface area contributed by atoms with Crippen molar-refractivity contribution in [1.82, 2.24) is 4.98 Å². The van der Waals surface area contributed by atoms with Crippen LogP contribution >= 0.6 is 0 Å². The van der Waals surface area contributed by atoms with E-state index in [2.05, 4.69) is 10.3 Å². The van der Waals surface area contributed by atoms with Crippen molar-refractivity contribution in [1.29, 1.82) is 0 Å². The average molecular weight is 652 g/mol. The number of aliphatic hydroxyl groups excluding tert-OH is 1. The molecule has 1 aromatic heterocycles. The van der Waals surface area contributed by atoms with Gasteiger partial charge in [0.15, 0.2) is 0 Å². The van der Waals surface area contributed by atoms with Crippen LogP contribution in [0.1, 0.15) is 59.2 Å². The number of nitrogens with zero attached hydrogens (tertiary/aromatic N) is 2. The summed E-state index contributed by atoms with van der Waals surface area (Å²) in [7, 11) is 0. The standard InChI is InChI=1S/C29H26F9N3O4/c1-2-20-13-23(22-12-17(27(30,31)32)3-4-24(22)41(20)26(43)44)40-25-16(10-21(14-39-25)45-6-5-42)7-15-8-18(28(33,34)35)11-19(9-15)29(36,37)38/h3-4,8-12,14,20,23,42H,2,5-7,13H2,1H3,(H,39,40)(H,43,44)/t20-,23+/m1/s1. The van der Waals surface area contributed by atoms with E-state index in [0.717, 1.165) is 29.3 Å². The van der Waals surface area contributed by atoms with Crippen molar-refractivity contribution in [3.63, 3.8) is 0 Å². The third-order valence-electron chi connectivity index (χ3n) is 7.19. The second-order valence-electron chi connectivity index (χ2n) is 10.3. The van der Waals surface area contributed by atoms with E-state index in [1.54, 1.807) is 6.92 Å². The number of hydrogen-bond donors (Lipinski definition) is 3. The highest BCUT2D eigenvalue weighted by Gasteiger charge is 2.40. The lowest BCUT2D eigenvalue weighted by molar-refractivity contribution is -0.143. The van der Waals surface area contributed by atoms with Gasteiger partial charge in [-0.05, 0) is 66.4 Å². The van der Waals surface area contributed by atoms with Gasteiger partial charge >= 0.3 is 24.6 Å². The Labute approximate surface area is 250 Å². The largest absolute Gasteiger partial charge is 0.490 e. The number of ether oxygens (including phenoxy) is 1. The molecule has 1 aliphatic rings. The minimum absolute atomic E-state index is 0.0134. The van der Waals surface area contributed by atoms with Gasteiger partial charge in [0.25, 0.3) is 0 Å². The molecular weight excluding hydrogens is 625 g/mol. The zero-order chi connectivity index (χ0) is 33.3. The number of nitrogens with one attached hydrogen (secondary N) is 1. The van der Waals surface area contributed by atoms with Crippen molar-refractivity contribution in [3.05, 3.63) is 82.0 Å². The number of halogens is 9. The Balaban J connectivity index is 1.83. The van der Waals surface area contributed by atoms with Crippen molar-refractivity contribution < 1.29 is 59.3 Å². The molecule has 0 fully saturated rings. The number of anilines is 2. The number of hydrogen-bond acceptors (Lipinski definition) is 5. The number of alkyl halides is 9. The lowest BCUT2D eigenvalue weighted by atomic mass is 9.88. The summed E-state index contributed by atoms with van der Waals surface area (Å²) in [5, 5.41) is 21.9. The van der Waals surface area contributed by atoms with E-state index in [1.807, 2.05) is 0 Å². The summed E-state index contributed by atoms with van der Waals surface area (Å²) in [4.78, 5) is 17.2. The number of amides is 1. The quantitative estimate of drug-likeness (QED) is 0.214. The number of carbonyl (C=O) groups is 1. The molecule has 0 saturated carbocycles. The molecule has 45 heavy (non-hydrogen) atoms. The number of aromatic nitrogens is 1. The second kappa shape index (κ2) is 12.7. The number of fused-ring (bicyclic) bond motifs is 1. The number of carboxylic acid groups (broad SMARTS) is 1. The maximum atomic E-state index is 13.6. The molecule has 244 valence electrons. The predicted octanol–water partition coefficient (Wildman–Crippen LogP) is 7.92. The molecule has 4 rings (SSSR count). The fraction of sp³-hybridized carbons (Fsp3) is 0.379. The summed E-state index contributed by atoms with van der Waals surface area (Å²) in [5.74, 6) is -0.0798. The summed E-state index contributed by atoms with van der Waals surface area (Å²) in [6.45, 7) is 1.04. The van der Waals surface area contributed by atoms with Crippen LogP contribution in [0, 0.1) is 0 Å². The van der Waals surface area contributed by atoms with Crippen LogP contribution in [0.3, 0.4) is 0 Å². The number of aliphatic hydroxyl groups is 1. The van der Waals surface area contributed by atoms with E-state index in [9.17, 15) is 49.4 Å². The highest BCUT2D eigenvalue weighted by molar-refractivity contribution is 5.89. The molecular formula is C29H26F9N3O4. The lowest BCUT2D eigenvalue weighted by Gasteiger charge is -2.40. The smallest absolute Gasteiger partial charge is 0.416 e. The van der Waals surface area contributed by atoms with E-state index in [4.69, 9.17) is 9.84 Å². The fourth-order valence-corrected chi connectivity index (χ4v) is 5.18. The molecule has 2 heterocycles. The van der Waals surface area contributed by atoms with Crippen molar-refractivity contribution in [2.75, 3.05) is 23.4 Å². The van der Waals surface area contributed by atoms with Gasteiger partial charge in [-0.1, -0.05) is 6.92 Å². The zero-order valence-corrected chi connectivity index (χ0v) is 23.3. The number of benzene rings is 2. The Hall–Kier alpha value is -4.21. The van der Waals surface area contributed by atoms with Crippen LogP contribution in [0.2, 0.25) is 0 Å². The molecule has 0 saturated heterocycles. The molecule has 1 aliphatic heterocycles. The molecule has 0 spiro atoms. The average Bonchev–Trinajstić information content (AvgIpc) is 2.94. The summed E-state index contributed by atoms with van der Waals surface area (Å²) in [6.07, 6.45) is -15.5. The first-order valence-corrected chi connectivity index (χ1v) is 13.4. The first-order chi connectivity index (χ1) is 20.9. The van der Waals surface area contributed by atoms with Crippen LogP contribution in [-0.2, 0) is 24.9 Å². The van der Waals surface area contributed by atoms with Gasteiger partial charge in [-0.3, -0.25) is 4.90 Å². The zero-order valence-electron chi connectivity index (χ0n) is 23.3. The van der Waals surface area contributed by atoms with E-state index < -0.39 is 72.0 Å². The van der Waals surface area contributed by atoms with Crippen LogP contribution < -0.4 is 15.0 Å². The molecule has 3 aromatic rings. The normalized spacial score (nSPS) is 17.2. The van der Waals surface area contributed by atoms with Crippen molar-refractivity contribution in [2.24, 2.45) is 0 Å². The fourth-order valence-electron chi connectivity index (χ4n) is 5.18. The van der Waals surface area contributed by atoms with Gasteiger partial charge in [0, 0.05) is 18.0 Å². The molecule has 1 amide bonds. The lowest BCUT2D eigenvalue weighted by Crippen LogP contribution is -2.45. The van der Waals surface area contributed by atoms with Crippen LogP contribution in [0.4, 0.5) is 55.8 Å². The first-order valence-electron chi connectivity index (χ1n) is 13.4. The van der Waals surface area contributed by atoms with Gasteiger partial charge < -0.3 is 20.3 Å². The summed E-state index contributed by atoms with van der Waals surface area (Å²) < 4.78 is 127. The molecule has 0 aliphatic carbocycles. The Morgan fingerprint density at radius 3 is 2.11 bits per heavy atom. The van der Waals surface area contributed by atoms with E-state index >= 15 is 0 Å². The monoisotopic (exact) mass is 651 g/mol. The second-order valence-corrected chi connectivity index (χ2v) is 10.3. The van der Waals surface area contributed by atoms with E-state index in [0.29, 0.717) is 12.1 Å². The highest BCUT2D eigenvalue weighted by atomic mass is 19.4. The van der Waals surface area contributed by atoms with Gasteiger partial charge in [-0.15, -0.1) is 0 Å². The predicted molar refractivity (Wildman–Crippen MR) is 143 cm³/mol. The van der Waals surface area contributed by atoms with E-state index in [-0.39, 0.29) is 53.9 Å². The SMILES string of the molecule is CC[C@@H]1C[C@H](Nc2ncc(OCCO)cc2Cc2cc(C(F)(F)F)cc(C(F)(F)F)c2)c2cc(C(F)(F)F)ccc2N1C(=O)O. The summed E-state index contributed by atoms with van der Waals surface area (Å²) >= 11 is 0. The minimum atomic E-state index is -5.10. The highest BCUT2D eigenvalue weighted by Crippen LogP contribution is 2.44. The Morgan fingerprint density at radius 1 is 0.956 bits per heavy atom. The molecule has 2 atom stereocenters. The van der Waals surface area contributed by atoms with Gasteiger partial charge in [0.05, 0.1) is 41.2 Å². The van der Waals surface area contributed by atoms with Crippen LogP contribution in [-0.4, -0.2) is 40.5 Å². The third kappa shape index (κ3) is 7.72. The van der Waals surface area contributed by atoms with Crippen molar-refractivity contribution >= 4 is 17.6 Å². The van der Waals surface area contributed by atoms with E-state index in [1.165, 1.54) is 6.07 Å². The summed E-state index contributed by atoms with van der Waals surface area (Å²) in [6, 6.07) is 3.22. The molecule has 2 aromatic carbocycles. The maximum Gasteiger partial charge on any atom is 0.416 e.